The molecule has 140 valence electrons. The van der Waals surface area contributed by atoms with Crippen LogP contribution >= 0.6 is 0 Å². The highest BCUT2D eigenvalue weighted by Gasteiger charge is 2.52. The molecular weight excluding hydrogens is 346 g/mol. The van der Waals surface area contributed by atoms with Gasteiger partial charge in [0.1, 0.15) is 6.04 Å². The summed E-state index contributed by atoms with van der Waals surface area (Å²) in [6.45, 7) is 2.57. The first kappa shape index (κ1) is 17.3. The van der Waals surface area contributed by atoms with Gasteiger partial charge in [0.05, 0.1) is 12.0 Å². The van der Waals surface area contributed by atoms with Crippen LogP contribution in [0.2, 0.25) is 0 Å². The lowest BCUT2D eigenvalue weighted by molar-refractivity contribution is -0.148. The number of carbonyl (C=O) groups excluding carboxylic acids is 3. The number of fused-ring (bicyclic) bond motifs is 2. The van der Waals surface area contributed by atoms with E-state index in [0.717, 1.165) is 5.56 Å². The molecule has 0 saturated carbocycles. The summed E-state index contributed by atoms with van der Waals surface area (Å²) in [6.07, 6.45) is 4.07. The molecule has 2 aliphatic rings. The molecule has 1 saturated heterocycles. The summed E-state index contributed by atoms with van der Waals surface area (Å²) in [5.41, 5.74) is 0.287. The Bertz CT molecular complexity index is 886. The Morgan fingerprint density at radius 2 is 2.04 bits per heavy atom. The van der Waals surface area contributed by atoms with E-state index in [4.69, 9.17) is 0 Å². The summed E-state index contributed by atoms with van der Waals surface area (Å²) in [5.74, 6) is 0.0691. The van der Waals surface area contributed by atoms with E-state index in [0.29, 0.717) is 31.9 Å². The fourth-order valence-corrected chi connectivity index (χ4v) is 3.79. The Morgan fingerprint density at radius 1 is 1.30 bits per heavy atom. The van der Waals surface area contributed by atoms with E-state index < -0.39 is 11.6 Å². The zero-order chi connectivity index (χ0) is 19.0. The zero-order valence-corrected chi connectivity index (χ0v) is 15.0. The first-order valence-electron chi connectivity index (χ1n) is 8.99. The molecule has 27 heavy (non-hydrogen) atoms. The van der Waals surface area contributed by atoms with Crippen LogP contribution in [-0.4, -0.2) is 45.3 Å². The van der Waals surface area contributed by atoms with Crippen LogP contribution in [0, 0.1) is 0 Å². The van der Waals surface area contributed by atoms with Crippen LogP contribution in [0.1, 0.15) is 31.4 Å². The lowest BCUT2D eigenvalue weighted by atomic mass is 9.83. The zero-order valence-electron chi connectivity index (χ0n) is 15.0. The number of nitrogens with zero attached hydrogens (tertiary/aromatic N) is 3. The number of carbonyl (C=O) groups is 3. The van der Waals surface area contributed by atoms with Crippen molar-refractivity contribution in [3.63, 3.8) is 0 Å². The Labute approximate surface area is 156 Å². The third-order valence-corrected chi connectivity index (χ3v) is 5.18. The van der Waals surface area contributed by atoms with E-state index in [1.165, 1.54) is 0 Å². The van der Waals surface area contributed by atoms with Crippen LogP contribution in [0.25, 0.3) is 0 Å². The van der Waals surface area contributed by atoms with Gasteiger partial charge in [-0.25, -0.2) is 4.98 Å². The summed E-state index contributed by atoms with van der Waals surface area (Å²) < 4.78 is 1.93. The van der Waals surface area contributed by atoms with Crippen molar-refractivity contribution < 1.29 is 14.4 Å². The molecule has 8 heteroatoms. The van der Waals surface area contributed by atoms with Crippen LogP contribution in [0.5, 0.6) is 0 Å². The Balaban J connectivity index is 1.55. The van der Waals surface area contributed by atoms with Crippen molar-refractivity contribution in [3.8, 4) is 0 Å². The molecule has 2 aliphatic heterocycles. The summed E-state index contributed by atoms with van der Waals surface area (Å²) in [6, 6.07) is 8.48. The number of nitrogens with one attached hydrogen (secondary N) is 2. The van der Waals surface area contributed by atoms with Gasteiger partial charge in [-0.2, -0.15) is 0 Å². The third-order valence-electron chi connectivity index (χ3n) is 5.18. The summed E-state index contributed by atoms with van der Waals surface area (Å²) in [7, 11) is 0. The van der Waals surface area contributed by atoms with E-state index in [-0.39, 0.29) is 17.7 Å². The fourth-order valence-electron chi connectivity index (χ4n) is 3.79. The highest BCUT2D eigenvalue weighted by atomic mass is 16.2. The maximum Gasteiger partial charge on any atom is 0.249 e. The first-order valence-corrected chi connectivity index (χ1v) is 8.99. The second kappa shape index (κ2) is 6.53. The van der Waals surface area contributed by atoms with E-state index >= 15 is 0 Å². The Kier molecular flexibility index (Phi) is 4.18. The number of amides is 3. The SMILES string of the molecule is CCC(=O)NC(C(=O)N1CC2(CC(=O)Nc3nccn32)C1)c1ccccc1. The number of benzene rings is 1. The molecule has 3 heterocycles. The molecule has 2 N–H and O–H groups in total. The molecule has 1 spiro atoms. The highest BCUT2D eigenvalue weighted by Crippen LogP contribution is 2.39. The van der Waals surface area contributed by atoms with E-state index in [2.05, 4.69) is 15.6 Å². The lowest BCUT2D eigenvalue weighted by Crippen LogP contribution is -2.67. The number of likely N-dealkylation sites (tertiary alicyclic amines) is 1. The fraction of sp³-hybridized carbons (Fsp3) is 0.368. The Hall–Kier alpha value is -3.16. The first-order chi connectivity index (χ1) is 13.0. The standard InChI is InChI=1S/C19H21N5O3/c1-2-14(25)21-16(13-6-4-3-5-7-13)17(27)23-11-19(12-23)10-15(26)22-18-20-8-9-24(18)19/h3-9,16H,2,10-12H2,1H3,(H,21,25)(H,20,22,26). The molecule has 1 aromatic heterocycles. The molecule has 1 aromatic carbocycles. The normalized spacial score (nSPS) is 18.3. The summed E-state index contributed by atoms with van der Waals surface area (Å²) >= 11 is 0. The maximum absolute atomic E-state index is 13.1. The van der Waals surface area contributed by atoms with Crippen LogP contribution in [0.3, 0.4) is 0 Å². The molecule has 8 nitrogen and oxygen atoms in total. The minimum atomic E-state index is -0.726. The maximum atomic E-state index is 13.1. The summed E-state index contributed by atoms with van der Waals surface area (Å²) in [4.78, 5) is 42.9. The van der Waals surface area contributed by atoms with Crippen molar-refractivity contribution in [1.82, 2.24) is 19.8 Å². The van der Waals surface area contributed by atoms with Crippen molar-refractivity contribution in [2.45, 2.75) is 31.3 Å². The van der Waals surface area contributed by atoms with Gasteiger partial charge in [-0.1, -0.05) is 37.3 Å². The average molecular weight is 367 g/mol. The highest BCUT2D eigenvalue weighted by molar-refractivity contribution is 5.93. The molecule has 0 bridgehead atoms. The van der Waals surface area contributed by atoms with Crippen LogP contribution < -0.4 is 10.6 Å². The van der Waals surface area contributed by atoms with Gasteiger partial charge in [-0.3, -0.25) is 19.7 Å². The van der Waals surface area contributed by atoms with Gasteiger partial charge in [0, 0.05) is 31.9 Å². The van der Waals surface area contributed by atoms with Crippen LogP contribution in [0.15, 0.2) is 42.7 Å². The molecule has 2 aromatic rings. The molecule has 1 unspecified atom stereocenters. The monoisotopic (exact) mass is 367 g/mol. The van der Waals surface area contributed by atoms with Gasteiger partial charge >= 0.3 is 0 Å². The van der Waals surface area contributed by atoms with Gasteiger partial charge in [0.25, 0.3) is 0 Å². The van der Waals surface area contributed by atoms with Crippen molar-refractivity contribution >= 4 is 23.7 Å². The summed E-state index contributed by atoms with van der Waals surface area (Å²) in [5, 5.41) is 5.56. The predicted octanol–water partition coefficient (Wildman–Crippen LogP) is 1.03. The number of rotatable bonds is 4. The Morgan fingerprint density at radius 3 is 2.74 bits per heavy atom. The van der Waals surface area contributed by atoms with Crippen molar-refractivity contribution in [1.29, 1.82) is 0 Å². The smallest absolute Gasteiger partial charge is 0.249 e. The largest absolute Gasteiger partial charge is 0.341 e. The quantitative estimate of drug-likeness (QED) is 0.844. The van der Waals surface area contributed by atoms with E-state index in [1.807, 2.05) is 41.1 Å². The molecule has 4 rings (SSSR count). The number of hydrogen-bond acceptors (Lipinski definition) is 4. The van der Waals surface area contributed by atoms with Gasteiger partial charge < -0.3 is 14.8 Å². The van der Waals surface area contributed by atoms with Crippen molar-refractivity contribution in [3.05, 3.63) is 48.3 Å². The van der Waals surface area contributed by atoms with Gasteiger partial charge in [0.2, 0.25) is 23.7 Å². The topological polar surface area (TPSA) is 96.3 Å². The molecule has 0 radical (unpaired) electrons. The van der Waals surface area contributed by atoms with E-state index in [1.54, 1.807) is 18.0 Å². The van der Waals surface area contributed by atoms with Crippen molar-refractivity contribution in [2.24, 2.45) is 0 Å². The van der Waals surface area contributed by atoms with Gasteiger partial charge in [0.15, 0.2) is 0 Å². The number of aromatic nitrogens is 2. The molecule has 1 atom stereocenters. The third kappa shape index (κ3) is 2.97. The predicted molar refractivity (Wildman–Crippen MR) is 97.6 cm³/mol. The number of anilines is 1. The minimum absolute atomic E-state index is 0.0975. The molecule has 3 amide bonds. The van der Waals surface area contributed by atoms with Gasteiger partial charge in [-0.05, 0) is 5.56 Å². The van der Waals surface area contributed by atoms with Crippen LogP contribution in [-0.2, 0) is 19.9 Å². The average Bonchev–Trinajstić information content (AvgIpc) is 3.12. The number of imidazole rings is 1. The van der Waals surface area contributed by atoms with Gasteiger partial charge in [-0.15, -0.1) is 0 Å². The molecule has 1 fully saturated rings. The lowest BCUT2D eigenvalue weighted by Gasteiger charge is -2.53. The second-order valence-electron chi connectivity index (χ2n) is 7.03. The minimum Gasteiger partial charge on any atom is -0.341 e. The molecular formula is C19H21N5O3. The second-order valence-corrected chi connectivity index (χ2v) is 7.03. The van der Waals surface area contributed by atoms with E-state index in [9.17, 15) is 14.4 Å². The number of hydrogen-bond donors (Lipinski definition) is 2. The molecule has 0 aliphatic carbocycles. The van der Waals surface area contributed by atoms with Crippen LogP contribution in [0.4, 0.5) is 5.95 Å². The van der Waals surface area contributed by atoms with Crippen molar-refractivity contribution in [2.75, 3.05) is 18.4 Å².